The predicted octanol–water partition coefficient (Wildman–Crippen LogP) is 3.45. The molecule has 0 aliphatic carbocycles. The number of hydrogen-bond acceptors (Lipinski definition) is 5. The van der Waals surface area contributed by atoms with Gasteiger partial charge >= 0.3 is 19.3 Å². The highest BCUT2D eigenvalue weighted by Gasteiger charge is 2.38. The number of amides is 1. The van der Waals surface area contributed by atoms with Crippen molar-refractivity contribution >= 4 is 19.0 Å². The lowest BCUT2D eigenvalue weighted by molar-refractivity contribution is -0.137. The molecule has 0 saturated heterocycles. The van der Waals surface area contributed by atoms with Gasteiger partial charge in [0.1, 0.15) is 11.3 Å². The monoisotopic (exact) mass is 429 g/mol. The molecular formula is C20H27BF3NO5. The molecule has 1 aliphatic rings. The first-order chi connectivity index (χ1) is 14.1. The predicted molar refractivity (Wildman–Crippen MR) is 105 cm³/mol. The van der Waals surface area contributed by atoms with Crippen LogP contribution in [0.15, 0.2) is 18.2 Å². The SMILES string of the molecule is CCC(CC)COC(=O)c1cccc2c1OB(O)[C@@H](NC(=O)CCCC(F)(F)F)C2. The van der Waals surface area contributed by atoms with Crippen LogP contribution < -0.4 is 9.97 Å². The van der Waals surface area contributed by atoms with Gasteiger partial charge in [-0.15, -0.1) is 0 Å². The van der Waals surface area contributed by atoms with Crippen molar-refractivity contribution < 1.29 is 37.2 Å². The molecule has 0 fully saturated rings. The Kier molecular flexibility index (Phi) is 8.58. The smallest absolute Gasteiger partial charge is 0.534 e. The van der Waals surface area contributed by atoms with Gasteiger partial charge < -0.3 is 19.7 Å². The van der Waals surface area contributed by atoms with E-state index in [1.54, 1.807) is 12.1 Å². The van der Waals surface area contributed by atoms with Gasteiger partial charge in [0.2, 0.25) is 5.91 Å². The third kappa shape index (κ3) is 6.93. The van der Waals surface area contributed by atoms with Crippen molar-refractivity contribution in [1.82, 2.24) is 5.32 Å². The first-order valence-electron chi connectivity index (χ1n) is 10.1. The summed E-state index contributed by atoms with van der Waals surface area (Å²) in [5.74, 6) is -1.53. The highest BCUT2D eigenvalue weighted by atomic mass is 19.4. The van der Waals surface area contributed by atoms with Crippen molar-refractivity contribution in [2.45, 2.75) is 64.5 Å². The van der Waals surface area contributed by atoms with Gasteiger partial charge in [-0.05, 0) is 30.4 Å². The highest BCUT2D eigenvalue weighted by molar-refractivity contribution is 6.47. The third-order valence-corrected chi connectivity index (χ3v) is 5.15. The molecule has 1 aromatic rings. The highest BCUT2D eigenvalue weighted by Crippen LogP contribution is 2.31. The van der Waals surface area contributed by atoms with Crippen LogP contribution in [0.4, 0.5) is 13.2 Å². The van der Waals surface area contributed by atoms with Gasteiger partial charge in [0.05, 0.1) is 12.5 Å². The van der Waals surface area contributed by atoms with E-state index in [2.05, 4.69) is 5.32 Å². The van der Waals surface area contributed by atoms with Gasteiger partial charge in [-0.3, -0.25) is 4.79 Å². The summed E-state index contributed by atoms with van der Waals surface area (Å²) in [7, 11) is -1.43. The first kappa shape index (κ1) is 24.0. The van der Waals surface area contributed by atoms with Crippen molar-refractivity contribution in [2.75, 3.05) is 6.61 Å². The minimum Gasteiger partial charge on any atom is -0.534 e. The molecule has 1 atom stereocenters. The van der Waals surface area contributed by atoms with Crippen LogP contribution >= 0.6 is 0 Å². The van der Waals surface area contributed by atoms with E-state index in [4.69, 9.17) is 9.39 Å². The minimum atomic E-state index is -4.31. The molecule has 1 aliphatic heterocycles. The molecule has 1 heterocycles. The third-order valence-electron chi connectivity index (χ3n) is 5.15. The molecule has 2 N–H and O–H groups in total. The molecule has 2 rings (SSSR count). The Morgan fingerprint density at radius 3 is 2.67 bits per heavy atom. The van der Waals surface area contributed by atoms with Gasteiger partial charge in [-0.25, -0.2) is 4.79 Å². The fourth-order valence-electron chi connectivity index (χ4n) is 3.23. The van der Waals surface area contributed by atoms with Crippen molar-refractivity contribution in [3.05, 3.63) is 29.3 Å². The van der Waals surface area contributed by atoms with Gasteiger partial charge in [0, 0.05) is 12.8 Å². The fourth-order valence-corrected chi connectivity index (χ4v) is 3.23. The Morgan fingerprint density at radius 1 is 1.33 bits per heavy atom. The van der Waals surface area contributed by atoms with Crippen LogP contribution in [0.3, 0.4) is 0 Å². The van der Waals surface area contributed by atoms with Crippen molar-refractivity contribution in [3.63, 3.8) is 0 Å². The fraction of sp³-hybridized carbons (Fsp3) is 0.600. The summed E-state index contributed by atoms with van der Waals surface area (Å²) in [6.07, 6.45) is -4.05. The maximum absolute atomic E-state index is 12.5. The topological polar surface area (TPSA) is 84.9 Å². The lowest BCUT2D eigenvalue weighted by Crippen LogP contribution is -2.53. The molecule has 0 radical (unpaired) electrons. The van der Waals surface area contributed by atoms with Crippen molar-refractivity contribution in [1.29, 1.82) is 0 Å². The minimum absolute atomic E-state index is 0.176. The molecule has 0 saturated carbocycles. The Hall–Kier alpha value is -2.23. The average molecular weight is 429 g/mol. The summed E-state index contributed by atoms with van der Waals surface area (Å²) < 4.78 is 47.5. The number of alkyl halides is 3. The molecule has 0 unspecified atom stereocenters. The van der Waals surface area contributed by atoms with Gasteiger partial charge in [-0.1, -0.05) is 38.8 Å². The van der Waals surface area contributed by atoms with Crippen molar-refractivity contribution in [2.24, 2.45) is 5.92 Å². The molecule has 1 aromatic carbocycles. The average Bonchev–Trinajstić information content (AvgIpc) is 2.67. The number of esters is 1. The second kappa shape index (κ2) is 10.7. The summed E-state index contributed by atoms with van der Waals surface area (Å²) in [4.78, 5) is 24.4. The number of nitrogens with one attached hydrogen (secondary N) is 1. The van der Waals surface area contributed by atoms with Crippen molar-refractivity contribution in [3.8, 4) is 5.75 Å². The van der Waals surface area contributed by atoms with Gasteiger partial charge in [-0.2, -0.15) is 13.2 Å². The molecule has 0 aromatic heterocycles. The number of rotatable bonds is 9. The van der Waals surface area contributed by atoms with E-state index in [9.17, 15) is 27.8 Å². The number of para-hydroxylation sites is 1. The quantitative estimate of drug-likeness (QED) is 0.464. The van der Waals surface area contributed by atoms with E-state index >= 15 is 0 Å². The van der Waals surface area contributed by atoms with Crippen LogP contribution in [0.5, 0.6) is 5.75 Å². The Bertz CT molecular complexity index is 740. The van der Waals surface area contributed by atoms with Crippen LogP contribution in [0.2, 0.25) is 0 Å². The summed E-state index contributed by atoms with van der Waals surface area (Å²) in [6, 6.07) is 4.88. The van der Waals surface area contributed by atoms with E-state index in [1.807, 2.05) is 13.8 Å². The number of halogens is 3. The molecule has 10 heteroatoms. The molecule has 0 bridgehead atoms. The van der Waals surface area contributed by atoms with Crippen LogP contribution in [0, 0.1) is 5.92 Å². The van der Waals surface area contributed by atoms with Crippen LogP contribution in [0.25, 0.3) is 0 Å². The zero-order valence-corrected chi connectivity index (χ0v) is 17.1. The number of ether oxygens (including phenoxy) is 1. The molecule has 30 heavy (non-hydrogen) atoms. The molecule has 166 valence electrons. The van der Waals surface area contributed by atoms with E-state index < -0.39 is 37.5 Å². The largest absolute Gasteiger partial charge is 0.547 e. The zero-order chi connectivity index (χ0) is 22.3. The van der Waals surface area contributed by atoms with E-state index in [0.717, 1.165) is 12.8 Å². The Labute approximate surface area is 174 Å². The van der Waals surface area contributed by atoms with Crippen LogP contribution in [-0.2, 0) is 16.0 Å². The van der Waals surface area contributed by atoms with E-state index in [-0.39, 0.29) is 43.1 Å². The second-order valence-electron chi connectivity index (χ2n) is 7.43. The Morgan fingerprint density at radius 2 is 2.03 bits per heavy atom. The standard InChI is InChI=1S/C20H27BF3NO5/c1-3-13(4-2)12-29-19(27)15-8-5-7-14-11-16(21(28)30-18(14)15)25-17(26)9-6-10-20(22,23)24/h5,7-8,13,16,28H,3-4,6,9-12H2,1-2H3,(H,25,26)/t16-/m0/s1. The normalized spacial score (nSPS) is 16.1. The zero-order valence-electron chi connectivity index (χ0n) is 17.1. The summed E-state index contributed by atoms with van der Waals surface area (Å²) in [5, 5.41) is 12.8. The molecular weight excluding hydrogens is 402 g/mol. The number of carbonyl (C=O) groups is 2. The Balaban J connectivity index is 1.99. The summed E-state index contributed by atoms with van der Waals surface area (Å²) in [5.41, 5.74) is 0.783. The summed E-state index contributed by atoms with van der Waals surface area (Å²) >= 11 is 0. The molecule has 6 nitrogen and oxygen atoms in total. The number of hydrogen-bond donors (Lipinski definition) is 2. The van der Waals surface area contributed by atoms with E-state index in [0.29, 0.717) is 5.56 Å². The second-order valence-corrected chi connectivity index (χ2v) is 7.43. The lowest BCUT2D eigenvalue weighted by Gasteiger charge is -2.29. The maximum atomic E-state index is 12.5. The first-order valence-corrected chi connectivity index (χ1v) is 10.1. The van der Waals surface area contributed by atoms with Crippen LogP contribution in [-0.4, -0.2) is 42.7 Å². The number of carbonyl (C=O) groups excluding carboxylic acids is 2. The van der Waals surface area contributed by atoms with Crippen LogP contribution in [0.1, 0.15) is 61.9 Å². The molecule has 0 spiro atoms. The number of benzene rings is 1. The van der Waals surface area contributed by atoms with Gasteiger partial charge in [0.25, 0.3) is 0 Å². The maximum Gasteiger partial charge on any atom is 0.547 e. The lowest BCUT2D eigenvalue weighted by atomic mass is 9.72. The van der Waals surface area contributed by atoms with E-state index in [1.165, 1.54) is 6.07 Å². The summed E-state index contributed by atoms with van der Waals surface area (Å²) in [6.45, 7) is 4.32. The van der Waals surface area contributed by atoms with Gasteiger partial charge in [0.15, 0.2) is 0 Å². The number of fused-ring (bicyclic) bond motifs is 1. The molecule has 1 amide bonds.